The number of hydrogen-bond donors (Lipinski definition) is 2. The third-order valence-corrected chi connectivity index (χ3v) is 7.69. The lowest BCUT2D eigenvalue weighted by atomic mass is 10.1. The number of H-pyrrole nitrogens is 1. The summed E-state index contributed by atoms with van der Waals surface area (Å²) < 4.78 is 4.30. The predicted molar refractivity (Wildman–Crippen MR) is 154 cm³/mol. The van der Waals surface area contributed by atoms with Gasteiger partial charge in [-0.2, -0.15) is 0 Å². The van der Waals surface area contributed by atoms with Gasteiger partial charge in [-0.15, -0.1) is 5.10 Å². The van der Waals surface area contributed by atoms with E-state index in [0.29, 0.717) is 18.7 Å². The number of likely N-dealkylation sites (N-methyl/N-ethyl adjacent to an activating group) is 1. The summed E-state index contributed by atoms with van der Waals surface area (Å²) in [7, 11) is 3.80. The third-order valence-electron chi connectivity index (χ3n) is 7.69. The first-order chi connectivity index (χ1) is 19.5. The number of nitrogens with zero attached hydrogens (tertiary/aromatic N) is 5. The molecule has 4 heterocycles. The fourth-order valence-corrected chi connectivity index (χ4v) is 5.75. The van der Waals surface area contributed by atoms with E-state index in [-0.39, 0.29) is 11.7 Å². The molecule has 198 valence electrons. The number of rotatable bonds is 5. The Labute approximate surface area is 230 Å². The van der Waals surface area contributed by atoms with Gasteiger partial charge in [0.15, 0.2) is 0 Å². The van der Waals surface area contributed by atoms with Crippen LogP contribution in [0.15, 0.2) is 85.2 Å². The standard InChI is InChI=1S/C31H27N7O2/c1-36-18-26(21-11-6-7-12-23(21)36)38-17-20-16-22(31(40)37(2)24-13-8-14-25(38)28(20)24)32-30(39)29-33-27(34-35-29)15-19-9-4-3-5-10-19/h3-14,17-18,22H,15-16H2,1-2H3,(H,32,39)(H,33,34,35)/t22-/m0/s1. The van der Waals surface area contributed by atoms with Crippen molar-refractivity contribution in [3.8, 4) is 5.69 Å². The predicted octanol–water partition coefficient (Wildman–Crippen LogP) is 4.15. The van der Waals surface area contributed by atoms with Crippen molar-refractivity contribution >= 4 is 39.3 Å². The van der Waals surface area contributed by atoms with Crippen LogP contribution in [-0.2, 0) is 24.7 Å². The number of benzene rings is 3. The molecule has 3 aromatic carbocycles. The lowest BCUT2D eigenvalue weighted by Crippen LogP contribution is -2.48. The van der Waals surface area contributed by atoms with Crippen LogP contribution in [0.5, 0.6) is 0 Å². The molecule has 1 atom stereocenters. The zero-order valence-corrected chi connectivity index (χ0v) is 22.1. The van der Waals surface area contributed by atoms with Gasteiger partial charge in [-0.25, -0.2) is 4.98 Å². The lowest BCUT2D eigenvalue weighted by Gasteiger charge is -2.22. The largest absolute Gasteiger partial charge is 0.348 e. The summed E-state index contributed by atoms with van der Waals surface area (Å²) in [5, 5.41) is 12.0. The number of carbonyl (C=O) groups is 2. The van der Waals surface area contributed by atoms with E-state index in [2.05, 4.69) is 60.2 Å². The molecule has 1 aliphatic heterocycles. The van der Waals surface area contributed by atoms with Crippen LogP contribution in [0.3, 0.4) is 0 Å². The molecule has 9 nitrogen and oxygen atoms in total. The van der Waals surface area contributed by atoms with Crippen molar-refractivity contribution in [2.45, 2.75) is 18.9 Å². The quantitative estimate of drug-likeness (QED) is 0.350. The van der Waals surface area contributed by atoms with Crippen LogP contribution in [0, 0.1) is 0 Å². The number of hydrogen-bond acceptors (Lipinski definition) is 4. The topological polar surface area (TPSA) is 101 Å². The average Bonchev–Trinajstić information content (AvgIpc) is 3.67. The minimum Gasteiger partial charge on any atom is -0.348 e. The van der Waals surface area contributed by atoms with Gasteiger partial charge in [-0.1, -0.05) is 54.6 Å². The summed E-state index contributed by atoms with van der Waals surface area (Å²) in [6.07, 6.45) is 5.09. The third kappa shape index (κ3) is 3.86. The van der Waals surface area contributed by atoms with Crippen LogP contribution in [0.1, 0.15) is 27.6 Å². The maximum Gasteiger partial charge on any atom is 0.291 e. The van der Waals surface area contributed by atoms with E-state index in [1.165, 1.54) is 0 Å². The monoisotopic (exact) mass is 529 g/mol. The van der Waals surface area contributed by atoms with E-state index in [9.17, 15) is 9.59 Å². The Morgan fingerprint density at radius 1 is 0.950 bits per heavy atom. The molecule has 0 spiro atoms. The maximum absolute atomic E-state index is 13.6. The minimum absolute atomic E-state index is 0.0154. The number of anilines is 1. The Balaban J connectivity index is 1.22. The number of aromatic nitrogens is 5. The SMILES string of the molecule is CN1C(=O)[C@@H](NC(=O)c2n[nH]c(Cc3ccccc3)n2)Cc2cn(-c3cn(C)c4ccccc34)c3cccc1c23. The van der Waals surface area contributed by atoms with E-state index in [4.69, 9.17) is 0 Å². The lowest BCUT2D eigenvalue weighted by molar-refractivity contribution is -0.120. The first kappa shape index (κ1) is 23.9. The van der Waals surface area contributed by atoms with Crippen molar-refractivity contribution in [1.29, 1.82) is 0 Å². The molecule has 2 N–H and O–H groups in total. The summed E-state index contributed by atoms with van der Waals surface area (Å²) in [6.45, 7) is 0. The fourth-order valence-electron chi connectivity index (χ4n) is 5.75. The second-order valence-electron chi connectivity index (χ2n) is 10.2. The van der Waals surface area contributed by atoms with Gasteiger partial charge in [0.25, 0.3) is 5.91 Å². The van der Waals surface area contributed by atoms with E-state index < -0.39 is 11.9 Å². The average molecular weight is 530 g/mol. The van der Waals surface area contributed by atoms with Crippen molar-refractivity contribution in [1.82, 2.24) is 29.6 Å². The van der Waals surface area contributed by atoms with Crippen LogP contribution in [0.2, 0.25) is 0 Å². The molecule has 40 heavy (non-hydrogen) atoms. The molecule has 0 fully saturated rings. The van der Waals surface area contributed by atoms with Crippen molar-refractivity contribution in [2.24, 2.45) is 7.05 Å². The zero-order valence-electron chi connectivity index (χ0n) is 22.1. The normalized spacial score (nSPS) is 15.1. The molecule has 6 aromatic rings. The Morgan fingerprint density at radius 3 is 2.58 bits per heavy atom. The Bertz CT molecular complexity index is 1910. The Morgan fingerprint density at radius 2 is 1.73 bits per heavy atom. The highest BCUT2D eigenvalue weighted by Gasteiger charge is 2.33. The second kappa shape index (κ2) is 9.23. The van der Waals surface area contributed by atoms with Gasteiger partial charge < -0.3 is 19.4 Å². The maximum atomic E-state index is 13.6. The minimum atomic E-state index is -0.771. The van der Waals surface area contributed by atoms with Gasteiger partial charge >= 0.3 is 0 Å². The molecule has 0 radical (unpaired) electrons. The number of fused-ring (bicyclic) bond motifs is 1. The van der Waals surface area contributed by atoms with Crippen LogP contribution < -0.4 is 10.2 Å². The fraction of sp³-hybridized carbons (Fsp3) is 0.161. The summed E-state index contributed by atoms with van der Waals surface area (Å²) in [4.78, 5) is 32.8. The summed E-state index contributed by atoms with van der Waals surface area (Å²) in [5.41, 5.74) is 6.07. The van der Waals surface area contributed by atoms with E-state index >= 15 is 0 Å². The first-order valence-corrected chi connectivity index (χ1v) is 13.2. The summed E-state index contributed by atoms with van der Waals surface area (Å²) >= 11 is 0. The molecule has 0 saturated heterocycles. The van der Waals surface area contributed by atoms with Gasteiger partial charge in [0.05, 0.1) is 16.9 Å². The van der Waals surface area contributed by atoms with Crippen LogP contribution in [0.4, 0.5) is 5.69 Å². The van der Waals surface area contributed by atoms with E-state index in [1.54, 1.807) is 11.9 Å². The van der Waals surface area contributed by atoms with Gasteiger partial charge in [0, 0.05) is 55.6 Å². The van der Waals surface area contributed by atoms with E-state index in [1.807, 2.05) is 61.6 Å². The number of carbonyl (C=O) groups excluding carboxylic acids is 2. The van der Waals surface area contributed by atoms with Gasteiger partial charge in [-0.3, -0.25) is 14.7 Å². The van der Waals surface area contributed by atoms with Crippen LogP contribution in [0.25, 0.3) is 27.5 Å². The molecule has 0 unspecified atom stereocenters. The van der Waals surface area contributed by atoms with Gasteiger partial charge in [0.2, 0.25) is 11.7 Å². The highest BCUT2D eigenvalue weighted by atomic mass is 16.2. The number of aryl methyl sites for hydroxylation is 1. The van der Waals surface area contributed by atoms with Crippen molar-refractivity contribution in [3.63, 3.8) is 0 Å². The van der Waals surface area contributed by atoms with Gasteiger partial charge in [0.1, 0.15) is 11.9 Å². The molecule has 0 aliphatic carbocycles. The first-order valence-electron chi connectivity index (χ1n) is 13.2. The zero-order chi connectivity index (χ0) is 27.4. The Kier molecular flexibility index (Phi) is 5.52. The second-order valence-corrected chi connectivity index (χ2v) is 10.2. The molecule has 3 aromatic heterocycles. The molecule has 1 aliphatic rings. The smallest absolute Gasteiger partial charge is 0.291 e. The molecule has 0 bridgehead atoms. The molecular formula is C31H27N7O2. The summed E-state index contributed by atoms with van der Waals surface area (Å²) in [6, 6.07) is 23.4. The van der Waals surface area contributed by atoms with Crippen LogP contribution in [-0.4, -0.2) is 49.2 Å². The van der Waals surface area contributed by atoms with Gasteiger partial charge in [-0.05, 0) is 29.3 Å². The number of aromatic amines is 1. The molecule has 2 amide bonds. The van der Waals surface area contributed by atoms with Crippen LogP contribution >= 0.6 is 0 Å². The molecular weight excluding hydrogens is 502 g/mol. The molecule has 9 heteroatoms. The van der Waals surface area contributed by atoms with E-state index in [0.717, 1.165) is 44.3 Å². The highest BCUT2D eigenvalue weighted by Crippen LogP contribution is 2.37. The number of para-hydroxylation sites is 1. The molecule has 7 rings (SSSR count). The Hall–Kier alpha value is -5.18. The van der Waals surface area contributed by atoms with Crippen molar-refractivity contribution in [3.05, 3.63) is 108 Å². The number of amides is 2. The van der Waals surface area contributed by atoms with Crippen molar-refractivity contribution < 1.29 is 9.59 Å². The van der Waals surface area contributed by atoms with Crippen molar-refractivity contribution in [2.75, 3.05) is 11.9 Å². The highest BCUT2D eigenvalue weighted by molar-refractivity contribution is 6.10. The summed E-state index contributed by atoms with van der Waals surface area (Å²) in [5.74, 6) is -0.0737. The molecule has 0 saturated carbocycles. The number of nitrogens with one attached hydrogen (secondary N) is 2.